The Balaban J connectivity index is 3.09. The number of halogens is 1. The van der Waals surface area contributed by atoms with Gasteiger partial charge in [-0.2, -0.15) is 4.99 Å². The van der Waals surface area contributed by atoms with E-state index in [0.29, 0.717) is 16.3 Å². The number of aliphatic imine (C=N–C) groups is 2. The van der Waals surface area contributed by atoms with E-state index in [4.69, 9.17) is 28.8 Å². The van der Waals surface area contributed by atoms with Crippen LogP contribution in [0.5, 0.6) is 0 Å². The molecule has 7 N–H and O–H groups in total. The van der Waals surface area contributed by atoms with E-state index in [2.05, 4.69) is 15.3 Å². The fraction of sp³-hybridized carbons (Fsp3) is 0.250. The van der Waals surface area contributed by atoms with Crippen LogP contribution in [0.15, 0.2) is 28.2 Å². The maximum Gasteiger partial charge on any atom is 0.251 e. The molecule has 1 aromatic rings. The number of nitrogens with two attached hydrogens (primary N) is 3. The summed E-state index contributed by atoms with van der Waals surface area (Å²) in [5.41, 5.74) is 16.6. The van der Waals surface area contributed by atoms with Crippen molar-refractivity contribution in [2.45, 2.75) is 19.9 Å². The highest BCUT2D eigenvalue weighted by Gasteiger charge is 2.10. The van der Waals surface area contributed by atoms with E-state index < -0.39 is 0 Å². The second-order valence-electron chi connectivity index (χ2n) is 4.30. The third kappa shape index (κ3) is 4.77. The third-order valence-corrected chi connectivity index (χ3v) is 2.43. The number of amides is 1. The van der Waals surface area contributed by atoms with Crippen molar-refractivity contribution in [2.75, 3.05) is 0 Å². The quantitative estimate of drug-likeness (QED) is 0.482. The maximum atomic E-state index is 11.9. The molecule has 108 valence electrons. The van der Waals surface area contributed by atoms with Crippen molar-refractivity contribution in [1.82, 2.24) is 5.32 Å². The zero-order valence-corrected chi connectivity index (χ0v) is 12.0. The minimum Gasteiger partial charge on any atom is -0.370 e. The van der Waals surface area contributed by atoms with Crippen LogP contribution < -0.4 is 22.5 Å². The molecule has 0 bridgehead atoms. The summed E-state index contributed by atoms with van der Waals surface area (Å²) in [5, 5.41) is 3.10. The van der Waals surface area contributed by atoms with Crippen molar-refractivity contribution in [3.05, 3.63) is 28.8 Å². The molecular formula is C12H17ClN6O. The lowest BCUT2D eigenvalue weighted by Crippen LogP contribution is -2.30. The van der Waals surface area contributed by atoms with Gasteiger partial charge in [0.1, 0.15) is 0 Å². The molecule has 0 aliphatic heterocycles. The number of nitrogens with one attached hydrogen (secondary N) is 1. The molecule has 0 aliphatic rings. The monoisotopic (exact) mass is 296 g/mol. The molecule has 0 radical (unpaired) electrons. The molecule has 0 aromatic heterocycles. The summed E-state index contributed by atoms with van der Waals surface area (Å²) in [6.45, 7) is 3.73. The average Bonchev–Trinajstić information content (AvgIpc) is 2.29. The van der Waals surface area contributed by atoms with Gasteiger partial charge in [0.05, 0.1) is 10.7 Å². The van der Waals surface area contributed by atoms with Crippen LogP contribution in [0.25, 0.3) is 0 Å². The lowest BCUT2D eigenvalue weighted by atomic mass is 10.2. The summed E-state index contributed by atoms with van der Waals surface area (Å²) in [4.78, 5) is 19.4. The molecule has 0 saturated heterocycles. The van der Waals surface area contributed by atoms with E-state index in [9.17, 15) is 4.79 Å². The molecule has 0 fully saturated rings. The number of nitrogens with zero attached hydrogens (tertiary/aromatic N) is 2. The lowest BCUT2D eigenvalue weighted by Gasteiger charge is -2.09. The summed E-state index contributed by atoms with van der Waals surface area (Å²) in [6.07, 6.45) is 0. The summed E-state index contributed by atoms with van der Waals surface area (Å²) in [7, 11) is 0. The standard InChI is InChI=1S/C12H17ClN6O/c1-6(2)17-10(20)7-3-4-8(13)9(5-7)18-12(16)19-11(14)15/h3-6H,1-2H3,(H,17,20)(H6,14,15,16,18,19). The fourth-order valence-corrected chi connectivity index (χ4v) is 1.53. The highest BCUT2D eigenvalue weighted by atomic mass is 35.5. The Morgan fingerprint density at radius 1 is 1.30 bits per heavy atom. The second-order valence-corrected chi connectivity index (χ2v) is 4.71. The maximum absolute atomic E-state index is 11.9. The Morgan fingerprint density at radius 2 is 1.95 bits per heavy atom. The highest BCUT2D eigenvalue weighted by Crippen LogP contribution is 2.26. The first-order valence-corrected chi connectivity index (χ1v) is 6.21. The van der Waals surface area contributed by atoms with Crippen LogP contribution in [0.1, 0.15) is 24.2 Å². The van der Waals surface area contributed by atoms with Gasteiger partial charge < -0.3 is 22.5 Å². The Morgan fingerprint density at radius 3 is 2.50 bits per heavy atom. The molecule has 0 atom stereocenters. The molecule has 0 spiro atoms. The summed E-state index contributed by atoms with van der Waals surface area (Å²) in [5.74, 6) is -0.585. The largest absolute Gasteiger partial charge is 0.370 e. The van der Waals surface area contributed by atoms with Gasteiger partial charge in [0.2, 0.25) is 5.96 Å². The first kappa shape index (κ1) is 15.8. The molecule has 0 aliphatic carbocycles. The number of carbonyl (C=O) groups is 1. The molecule has 8 heteroatoms. The number of benzene rings is 1. The van der Waals surface area contributed by atoms with Crippen LogP contribution in [0.3, 0.4) is 0 Å². The Hall–Kier alpha value is -2.28. The molecular weight excluding hydrogens is 280 g/mol. The van der Waals surface area contributed by atoms with Crippen LogP contribution in [-0.2, 0) is 0 Å². The Kier molecular flexibility index (Phi) is 5.33. The number of guanidine groups is 2. The molecule has 20 heavy (non-hydrogen) atoms. The van der Waals surface area contributed by atoms with Gasteiger partial charge in [-0.25, -0.2) is 4.99 Å². The molecule has 0 heterocycles. The van der Waals surface area contributed by atoms with Crippen molar-refractivity contribution >= 4 is 35.1 Å². The van der Waals surface area contributed by atoms with Gasteiger partial charge >= 0.3 is 0 Å². The van der Waals surface area contributed by atoms with Crippen LogP contribution in [0.2, 0.25) is 5.02 Å². The van der Waals surface area contributed by atoms with Crippen LogP contribution in [-0.4, -0.2) is 23.9 Å². The SMILES string of the molecule is CC(C)NC(=O)c1ccc(Cl)c(N=C(N)N=C(N)N)c1. The van der Waals surface area contributed by atoms with Crippen LogP contribution in [0, 0.1) is 0 Å². The molecule has 7 nitrogen and oxygen atoms in total. The number of hydrogen-bond acceptors (Lipinski definition) is 2. The van der Waals surface area contributed by atoms with E-state index >= 15 is 0 Å². The van der Waals surface area contributed by atoms with E-state index in [-0.39, 0.29) is 23.9 Å². The van der Waals surface area contributed by atoms with Crippen molar-refractivity contribution in [2.24, 2.45) is 27.2 Å². The highest BCUT2D eigenvalue weighted by molar-refractivity contribution is 6.33. The van der Waals surface area contributed by atoms with Gasteiger partial charge in [0.15, 0.2) is 5.96 Å². The third-order valence-electron chi connectivity index (χ3n) is 2.11. The van der Waals surface area contributed by atoms with Crippen molar-refractivity contribution < 1.29 is 4.79 Å². The average molecular weight is 297 g/mol. The van der Waals surface area contributed by atoms with E-state index in [1.807, 2.05) is 13.8 Å². The van der Waals surface area contributed by atoms with Crippen molar-refractivity contribution in [3.8, 4) is 0 Å². The van der Waals surface area contributed by atoms with E-state index in [1.165, 1.54) is 6.07 Å². The topological polar surface area (TPSA) is 132 Å². The van der Waals surface area contributed by atoms with Gasteiger partial charge in [-0.05, 0) is 32.0 Å². The summed E-state index contributed by atoms with van der Waals surface area (Å²) in [6, 6.07) is 4.68. The van der Waals surface area contributed by atoms with Crippen LogP contribution in [0.4, 0.5) is 5.69 Å². The predicted octanol–water partition coefficient (Wildman–Crippen LogP) is 0.698. The normalized spacial score (nSPS) is 11.3. The van der Waals surface area contributed by atoms with Crippen LogP contribution >= 0.6 is 11.6 Å². The number of carbonyl (C=O) groups excluding carboxylic acids is 1. The van der Waals surface area contributed by atoms with Gasteiger partial charge in [0.25, 0.3) is 5.91 Å². The van der Waals surface area contributed by atoms with Gasteiger partial charge in [-0.3, -0.25) is 4.79 Å². The fourth-order valence-electron chi connectivity index (χ4n) is 1.37. The number of rotatable bonds is 3. The minimum absolute atomic E-state index is 0.0248. The Bertz CT molecular complexity index is 563. The summed E-state index contributed by atoms with van der Waals surface area (Å²) >= 11 is 5.98. The summed E-state index contributed by atoms with van der Waals surface area (Å²) < 4.78 is 0. The van der Waals surface area contributed by atoms with E-state index in [1.54, 1.807) is 12.1 Å². The van der Waals surface area contributed by atoms with Crippen molar-refractivity contribution in [3.63, 3.8) is 0 Å². The van der Waals surface area contributed by atoms with E-state index in [0.717, 1.165) is 0 Å². The van der Waals surface area contributed by atoms with Gasteiger partial charge in [-0.1, -0.05) is 11.6 Å². The second kappa shape index (κ2) is 6.76. The predicted molar refractivity (Wildman–Crippen MR) is 81.1 cm³/mol. The molecule has 1 amide bonds. The van der Waals surface area contributed by atoms with Gasteiger partial charge in [-0.15, -0.1) is 0 Å². The molecule has 0 unspecified atom stereocenters. The zero-order valence-electron chi connectivity index (χ0n) is 11.2. The zero-order chi connectivity index (χ0) is 15.3. The first-order chi connectivity index (χ1) is 9.29. The minimum atomic E-state index is -0.228. The lowest BCUT2D eigenvalue weighted by molar-refractivity contribution is 0.0943. The molecule has 1 aromatic carbocycles. The first-order valence-electron chi connectivity index (χ1n) is 5.83. The van der Waals surface area contributed by atoms with Gasteiger partial charge in [0, 0.05) is 11.6 Å². The molecule has 1 rings (SSSR count). The Labute approximate surface area is 121 Å². The molecule has 0 saturated carbocycles. The van der Waals surface area contributed by atoms with Crippen molar-refractivity contribution in [1.29, 1.82) is 0 Å². The number of hydrogen-bond donors (Lipinski definition) is 4. The smallest absolute Gasteiger partial charge is 0.251 e.